The van der Waals surface area contributed by atoms with E-state index in [1.807, 2.05) is 0 Å². The quantitative estimate of drug-likeness (QED) is 0.780. The van der Waals surface area contributed by atoms with Gasteiger partial charge in [0.05, 0.1) is 28.5 Å². The molecule has 0 radical (unpaired) electrons. The lowest BCUT2D eigenvalue weighted by Gasteiger charge is -2.10. The largest absolute Gasteiger partial charge is 0.495 e. The van der Waals surface area contributed by atoms with Crippen molar-refractivity contribution in [3.05, 3.63) is 18.2 Å². The van der Waals surface area contributed by atoms with Gasteiger partial charge in [-0.15, -0.1) is 0 Å². The van der Waals surface area contributed by atoms with Crippen LogP contribution in [0.4, 0.5) is 5.69 Å². The van der Waals surface area contributed by atoms with Gasteiger partial charge in [-0.25, -0.2) is 0 Å². The van der Waals surface area contributed by atoms with Gasteiger partial charge in [0.2, 0.25) is 5.91 Å². The summed E-state index contributed by atoms with van der Waals surface area (Å²) in [4.78, 5) is 12.0. The van der Waals surface area contributed by atoms with Crippen LogP contribution in [0.2, 0.25) is 0 Å². The van der Waals surface area contributed by atoms with Crippen LogP contribution >= 0.6 is 0 Å². The van der Waals surface area contributed by atoms with Gasteiger partial charge in [-0.3, -0.25) is 9.00 Å². The summed E-state index contributed by atoms with van der Waals surface area (Å²) < 4.78 is 16.9. The van der Waals surface area contributed by atoms with Crippen LogP contribution in [0.15, 0.2) is 23.1 Å². The molecule has 1 aromatic carbocycles. The molecule has 2 rings (SSSR count). The highest BCUT2D eigenvalue weighted by Gasteiger charge is 2.21. The molecule has 0 aliphatic carbocycles. The second-order valence-corrected chi connectivity index (χ2v) is 4.72. The van der Waals surface area contributed by atoms with E-state index in [0.29, 0.717) is 22.1 Å². The molecule has 0 saturated heterocycles. The van der Waals surface area contributed by atoms with Crippen molar-refractivity contribution in [3.63, 3.8) is 0 Å². The van der Waals surface area contributed by atoms with Crippen molar-refractivity contribution >= 4 is 22.4 Å². The monoisotopic (exact) mass is 225 g/mol. The van der Waals surface area contributed by atoms with Crippen molar-refractivity contribution in [2.24, 2.45) is 0 Å². The Hall–Kier alpha value is -1.36. The van der Waals surface area contributed by atoms with E-state index in [1.165, 1.54) is 7.11 Å². The Morgan fingerprint density at radius 3 is 3.00 bits per heavy atom. The second-order valence-electron chi connectivity index (χ2n) is 3.18. The number of nitrogens with one attached hydrogen (secondary N) is 1. The minimum absolute atomic E-state index is 0.119. The van der Waals surface area contributed by atoms with Gasteiger partial charge < -0.3 is 10.1 Å². The third kappa shape index (κ3) is 1.87. The number of hydrogen-bond acceptors (Lipinski definition) is 3. The second kappa shape index (κ2) is 4.02. The lowest BCUT2D eigenvalue weighted by molar-refractivity contribution is -0.115. The lowest BCUT2D eigenvalue weighted by Crippen LogP contribution is -2.11. The molecule has 1 heterocycles. The maximum Gasteiger partial charge on any atom is 0.225 e. The van der Waals surface area contributed by atoms with Gasteiger partial charge in [-0.05, 0) is 12.1 Å². The molecule has 4 nitrogen and oxygen atoms in total. The fraction of sp³-hybridized carbons (Fsp3) is 0.300. The summed E-state index contributed by atoms with van der Waals surface area (Å²) in [6, 6.07) is 5.26. The molecule has 1 atom stereocenters. The number of ether oxygens (including phenoxy) is 1. The van der Waals surface area contributed by atoms with E-state index >= 15 is 0 Å². The molecule has 80 valence electrons. The third-order valence-corrected chi connectivity index (χ3v) is 3.64. The Morgan fingerprint density at radius 1 is 1.47 bits per heavy atom. The summed E-state index contributed by atoms with van der Waals surface area (Å²) in [6.45, 7) is 0. The van der Waals surface area contributed by atoms with E-state index in [1.54, 1.807) is 18.2 Å². The van der Waals surface area contributed by atoms with Gasteiger partial charge in [-0.2, -0.15) is 0 Å². The van der Waals surface area contributed by atoms with Crippen LogP contribution in [0, 0.1) is 0 Å². The molecule has 0 saturated carbocycles. The molecule has 1 unspecified atom stereocenters. The number of fused-ring (bicyclic) bond motifs is 1. The predicted molar refractivity (Wildman–Crippen MR) is 57.5 cm³/mol. The zero-order valence-corrected chi connectivity index (χ0v) is 9.10. The van der Waals surface area contributed by atoms with Crippen molar-refractivity contribution in [1.29, 1.82) is 0 Å². The topological polar surface area (TPSA) is 55.4 Å². The number of anilines is 1. The Bertz CT molecular complexity index is 431. The smallest absolute Gasteiger partial charge is 0.225 e. The Labute approximate surface area is 90.1 Å². The summed E-state index contributed by atoms with van der Waals surface area (Å²) in [5, 5.41) is 2.72. The predicted octanol–water partition coefficient (Wildman–Crippen LogP) is 1.14. The first-order chi connectivity index (χ1) is 7.22. The summed E-state index contributed by atoms with van der Waals surface area (Å²) in [5.41, 5.74) is 0.542. The molecular weight excluding hydrogens is 214 g/mol. The van der Waals surface area contributed by atoms with E-state index in [4.69, 9.17) is 4.74 Å². The van der Waals surface area contributed by atoms with Gasteiger partial charge in [0.15, 0.2) is 0 Å². The van der Waals surface area contributed by atoms with E-state index < -0.39 is 10.8 Å². The maximum atomic E-state index is 11.8. The van der Waals surface area contributed by atoms with Crippen molar-refractivity contribution in [3.8, 4) is 5.75 Å². The molecule has 1 amide bonds. The van der Waals surface area contributed by atoms with Crippen molar-refractivity contribution in [1.82, 2.24) is 0 Å². The first kappa shape index (κ1) is 10.2. The fourth-order valence-corrected chi connectivity index (χ4v) is 2.69. The van der Waals surface area contributed by atoms with Gasteiger partial charge in [-0.1, -0.05) is 6.07 Å². The van der Waals surface area contributed by atoms with Gasteiger partial charge in [0.25, 0.3) is 0 Å². The zero-order valence-electron chi connectivity index (χ0n) is 8.28. The molecule has 1 aromatic rings. The van der Waals surface area contributed by atoms with Crippen molar-refractivity contribution < 1.29 is 13.7 Å². The van der Waals surface area contributed by atoms with Crippen LogP contribution in [-0.2, 0) is 15.6 Å². The number of amides is 1. The summed E-state index contributed by atoms with van der Waals surface area (Å²) in [7, 11) is 0.395. The molecule has 0 bridgehead atoms. The lowest BCUT2D eigenvalue weighted by atomic mass is 10.3. The molecule has 1 aliphatic heterocycles. The number of methoxy groups -OCH3 is 1. The third-order valence-electron chi connectivity index (χ3n) is 2.23. The highest BCUT2D eigenvalue weighted by molar-refractivity contribution is 7.85. The van der Waals surface area contributed by atoms with Gasteiger partial charge >= 0.3 is 0 Å². The fourth-order valence-electron chi connectivity index (χ4n) is 1.49. The van der Waals surface area contributed by atoms with Crippen LogP contribution in [-0.4, -0.2) is 23.0 Å². The van der Waals surface area contributed by atoms with Crippen LogP contribution in [0.5, 0.6) is 5.75 Å². The molecule has 5 heteroatoms. The van der Waals surface area contributed by atoms with Crippen LogP contribution in [0.25, 0.3) is 0 Å². The minimum atomic E-state index is -1.13. The highest BCUT2D eigenvalue weighted by Crippen LogP contribution is 2.32. The first-order valence-corrected chi connectivity index (χ1v) is 5.89. The van der Waals surface area contributed by atoms with Gasteiger partial charge in [0, 0.05) is 12.2 Å². The SMILES string of the molecule is COc1cccc2c1NC(=O)CCS2=O. The van der Waals surface area contributed by atoms with E-state index in [-0.39, 0.29) is 12.3 Å². The molecular formula is C10H11NO3S. The molecule has 0 spiro atoms. The maximum absolute atomic E-state index is 11.8. The van der Waals surface area contributed by atoms with Gasteiger partial charge in [0.1, 0.15) is 5.75 Å². The van der Waals surface area contributed by atoms with Crippen LogP contribution in [0.3, 0.4) is 0 Å². The molecule has 0 fully saturated rings. The van der Waals surface area contributed by atoms with Crippen LogP contribution in [0.1, 0.15) is 6.42 Å². The average molecular weight is 225 g/mol. The normalized spacial score (nSPS) is 20.1. The number of carbonyl (C=O) groups excluding carboxylic acids is 1. The Morgan fingerprint density at radius 2 is 2.27 bits per heavy atom. The first-order valence-electron chi connectivity index (χ1n) is 4.57. The molecule has 1 N–H and O–H groups in total. The summed E-state index contributed by atoms with van der Waals surface area (Å²) >= 11 is 0. The van der Waals surface area contributed by atoms with Crippen LogP contribution < -0.4 is 10.1 Å². The zero-order chi connectivity index (χ0) is 10.8. The Kier molecular flexibility index (Phi) is 2.73. The molecule has 1 aliphatic rings. The number of rotatable bonds is 1. The molecule has 0 aromatic heterocycles. The standard InChI is InChI=1S/C10H11NO3S/c1-14-7-3-2-4-8-10(7)11-9(12)5-6-15(8)13/h2-4H,5-6H2,1H3,(H,11,12). The number of para-hydroxylation sites is 1. The van der Waals surface area contributed by atoms with Crippen molar-refractivity contribution in [2.45, 2.75) is 11.3 Å². The summed E-state index contributed by atoms with van der Waals surface area (Å²) in [6.07, 6.45) is 0.282. The number of hydrogen-bond donors (Lipinski definition) is 1. The average Bonchev–Trinajstić information content (AvgIpc) is 2.39. The van der Waals surface area contributed by atoms with E-state index in [2.05, 4.69) is 5.32 Å². The van der Waals surface area contributed by atoms with E-state index in [9.17, 15) is 9.00 Å². The Balaban J connectivity index is 2.56. The van der Waals surface area contributed by atoms with Crippen molar-refractivity contribution in [2.75, 3.05) is 18.2 Å². The molecule has 15 heavy (non-hydrogen) atoms. The van der Waals surface area contributed by atoms with E-state index in [0.717, 1.165) is 0 Å². The summed E-state index contributed by atoms with van der Waals surface area (Å²) in [5.74, 6) is 0.800. The highest BCUT2D eigenvalue weighted by atomic mass is 32.2. The number of carbonyl (C=O) groups is 1. The number of benzene rings is 1. The minimum Gasteiger partial charge on any atom is -0.495 e.